The van der Waals surface area contributed by atoms with Gasteiger partial charge in [0.25, 0.3) is 5.91 Å². The summed E-state index contributed by atoms with van der Waals surface area (Å²) in [7, 11) is 1.57. The van der Waals surface area contributed by atoms with E-state index in [0.717, 1.165) is 5.69 Å². The number of ether oxygens (including phenoxy) is 1. The van der Waals surface area contributed by atoms with Crippen LogP contribution in [0.1, 0.15) is 15.4 Å². The SMILES string of the molecule is COc1csc(C(=O)Nc2nc(CCl)cs2)c1. The van der Waals surface area contributed by atoms with Crippen LogP contribution in [0.25, 0.3) is 0 Å². The fraction of sp³-hybridized carbons (Fsp3) is 0.200. The minimum Gasteiger partial charge on any atom is -0.496 e. The third-order valence-electron chi connectivity index (χ3n) is 1.94. The number of thiazole rings is 1. The molecule has 0 aliphatic carbocycles. The number of halogens is 1. The normalized spacial score (nSPS) is 10.2. The van der Waals surface area contributed by atoms with Crippen LogP contribution in [0, 0.1) is 0 Å². The van der Waals surface area contributed by atoms with E-state index in [2.05, 4.69) is 10.3 Å². The zero-order valence-electron chi connectivity index (χ0n) is 8.90. The topological polar surface area (TPSA) is 51.2 Å². The molecule has 0 bridgehead atoms. The summed E-state index contributed by atoms with van der Waals surface area (Å²) in [4.78, 5) is 16.6. The molecule has 0 fully saturated rings. The van der Waals surface area contributed by atoms with Crippen LogP contribution in [0.3, 0.4) is 0 Å². The molecule has 2 rings (SSSR count). The van der Waals surface area contributed by atoms with Gasteiger partial charge in [-0.2, -0.15) is 0 Å². The summed E-state index contributed by atoms with van der Waals surface area (Å²) in [6, 6.07) is 1.69. The monoisotopic (exact) mass is 288 g/mol. The molecule has 1 N–H and O–H groups in total. The van der Waals surface area contributed by atoms with Gasteiger partial charge in [0.15, 0.2) is 5.13 Å². The Labute approximate surface area is 111 Å². The predicted molar refractivity (Wildman–Crippen MR) is 70.5 cm³/mol. The van der Waals surface area contributed by atoms with Crippen molar-refractivity contribution >= 4 is 45.3 Å². The molecule has 90 valence electrons. The van der Waals surface area contributed by atoms with Crippen molar-refractivity contribution < 1.29 is 9.53 Å². The van der Waals surface area contributed by atoms with Crippen molar-refractivity contribution in [3.05, 3.63) is 27.4 Å². The molecule has 0 saturated carbocycles. The Bertz CT molecular complexity index is 524. The average molecular weight is 289 g/mol. The number of hydrogen-bond donors (Lipinski definition) is 1. The maximum Gasteiger partial charge on any atom is 0.267 e. The Morgan fingerprint density at radius 2 is 2.35 bits per heavy atom. The van der Waals surface area contributed by atoms with Crippen LogP contribution in [-0.4, -0.2) is 18.0 Å². The van der Waals surface area contributed by atoms with Crippen molar-refractivity contribution in [1.29, 1.82) is 0 Å². The minimum atomic E-state index is -0.186. The van der Waals surface area contributed by atoms with Crippen LogP contribution < -0.4 is 10.1 Å². The van der Waals surface area contributed by atoms with Gasteiger partial charge in [-0.05, 0) is 0 Å². The van der Waals surface area contributed by atoms with Crippen LogP contribution in [0.4, 0.5) is 5.13 Å². The van der Waals surface area contributed by atoms with E-state index in [1.54, 1.807) is 18.6 Å². The molecule has 0 aliphatic heterocycles. The standard InChI is InChI=1S/C10H9ClN2O2S2/c1-15-7-2-8(16-5-7)9(14)13-10-12-6(3-11)4-17-10/h2,4-5H,3H2,1H3,(H,12,13,14). The van der Waals surface area contributed by atoms with Crippen molar-refractivity contribution in [2.45, 2.75) is 5.88 Å². The highest BCUT2D eigenvalue weighted by Gasteiger charge is 2.11. The van der Waals surface area contributed by atoms with Crippen molar-refractivity contribution in [2.75, 3.05) is 12.4 Å². The molecule has 1 amide bonds. The number of thiophene rings is 1. The number of carbonyl (C=O) groups is 1. The Hall–Kier alpha value is -1.11. The zero-order valence-corrected chi connectivity index (χ0v) is 11.3. The summed E-state index contributed by atoms with van der Waals surface area (Å²) in [5.74, 6) is 0.841. The summed E-state index contributed by atoms with van der Waals surface area (Å²) in [5, 5.41) is 6.86. The molecule has 4 nitrogen and oxygen atoms in total. The van der Waals surface area contributed by atoms with Crippen molar-refractivity contribution in [3.8, 4) is 5.75 Å². The molecule has 0 radical (unpaired) electrons. The van der Waals surface area contributed by atoms with Crippen LogP contribution in [0.5, 0.6) is 5.75 Å². The predicted octanol–water partition coefficient (Wildman–Crippen LogP) is 3.20. The average Bonchev–Trinajstić information content (AvgIpc) is 2.96. The van der Waals surface area contributed by atoms with Crippen molar-refractivity contribution in [1.82, 2.24) is 4.98 Å². The van der Waals surface area contributed by atoms with Gasteiger partial charge in [-0.3, -0.25) is 10.1 Å². The number of nitrogens with zero attached hydrogens (tertiary/aromatic N) is 1. The molecule has 0 aromatic carbocycles. The second-order valence-corrected chi connectivity index (χ2v) is 5.12. The molecule has 0 aliphatic rings. The molecule has 0 spiro atoms. The molecule has 17 heavy (non-hydrogen) atoms. The Kier molecular flexibility index (Phi) is 3.98. The summed E-state index contributed by atoms with van der Waals surface area (Å²) >= 11 is 8.32. The number of anilines is 1. The van der Waals surface area contributed by atoms with E-state index >= 15 is 0 Å². The molecular weight excluding hydrogens is 280 g/mol. The van der Waals surface area contributed by atoms with Gasteiger partial charge in [0.1, 0.15) is 5.75 Å². The number of hydrogen-bond acceptors (Lipinski definition) is 5. The van der Waals surface area contributed by atoms with Gasteiger partial charge in [-0.15, -0.1) is 34.3 Å². The zero-order chi connectivity index (χ0) is 12.3. The lowest BCUT2D eigenvalue weighted by Gasteiger charge is -1.97. The number of nitrogens with one attached hydrogen (secondary N) is 1. The van der Waals surface area contributed by atoms with Gasteiger partial charge in [0.2, 0.25) is 0 Å². The molecule has 2 aromatic rings. The number of aromatic nitrogens is 1. The molecule has 0 saturated heterocycles. The maximum atomic E-state index is 11.8. The summed E-state index contributed by atoms with van der Waals surface area (Å²) in [5.41, 5.74) is 0.760. The van der Waals surface area contributed by atoms with Crippen molar-refractivity contribution in [2.24, 2.45) is 0 Å². The Morgan fingerprint density at radius 1 is 1.53 bits per heavy atom. The third-order valence-corrected chi connectivity index (χ3v) is 3.93. The van der Waals surface area contributed by atoms with E-state index in [0.29, 0.717) is 21.6 Å². The molecule has 0 unspecified atom stereocenters. The van der Waals surface area contributed by atoms with Crippen LogP contribution in [-0.2, 0) is 5.88 Å². The van der Waals surface area contributed by atoms with Gasteiger partial charge in [-0.25, -0.2) is 4.98 Å². The fourth-order valence-corrected chi connectivity index (χ4v) is 2.81. The second kappa shape index (κ2) is 5.48. The fourth-order valence-electron chi connectivity index (χ4n) is 1.13. The van der Waals surface area contributed by atoms with Crippen LogP contribution in [0.15, 0.2) is 16.8 Å². The van der Waals surface area contributed by atoms with E-state index in [-0.39, 0.29) is 5.91 Å². The Balaban J connectivity index is 2.05. The number of carbonyl (C=O) groups excluding carboxylic acids is 1. The number of amides is 1. The highest BCUT2D eigenvalue weighted by molar-refractivity contribution is 7.14. The molecule has 0 atom stereocenters. The lowest BCUT2D eigenvalue weighted by Crippen LogP contribution is -2.09. The van der Waals surface area contributed by atoms with E-state index in [9.17, 15) is 4.79 Å². The molecule has 2 heterocycles. The minimum absolute atomic E-state index is 0.186. The first-order valence-electron chi connectivity index (χ1n) is 4.67. The van der Waals surface area contributed by atoms with Crippen LogP contribution >= 0.6 is 34.3 Å². The Morgan fingerprint density at radius 3 is 2.94 bits per heavy atom. The first kappa shape index (κ1) is 12.3. The summed E-state index contributed by atoms with van der Waals surface area (Å²) < 4.78 is 5.02. The van der Waals surface area contributed by atoms with E-state index in [1.165, 1.54) is 22.7 Å². The van der Waals surface area contributed by atoms with E-state index in [4.69, 9.17) is 16.3 Å². The van der Waals surface area contributed by atoms with E-state index in [1.807, 2.05) is 5.38 Å². The second-order valence-electron chi connectivity index (χ2n) is 3.08. The summed E-state index contributed by atoms with van der Waals surface area (Å²) in [6.45, 7) is 0. The van der Waals surface area contributed by atoms with E-state index < -0.39 is 0 Å². The highest BCUT2D eigenvalue weighted by atomic mass is 35.5. The number of methoxy groups -OCH3 is 1. The highest BCUT2D eigenvalue weighted by Crippen LogP contribution is 2.23. The van der Waals surface area contributed by atoms with Gasteiger partial charge < -0.3 is 4.74 Å². The van der Waals surface area contributed by atoms with Gasteiger partial charge in [0, 0.05) is 16.8 Å². The smallest absolute Gasteiger partial charge is 0.267 e. The lowest BCUT2D eigenvalue weighted by atomic mass is 10.4. The first-order valence-corrected chi connectivity index (χ1v) is 6.96. The summed E-state index contributed by atoms with van der Waals surface area (Å²) in [6.07, 6.45) is 0. The van der Waals surface area contributed by atoms with Gasteiger partial charge >= 0.3 is 0 Å². The quantitative estimate of drug-likeness (QED) is 0.879. The van der Waals surface area contributed by atoms with Gasteiger partial charge in [-0.1, -0.05) is 0 Å². The number of rotatable bonds is 4. The molecule has 7 heteroatoms. The van der Waals surface area contributed by atoms with Crippen molar-refractivity contribution in [3.63, 3.8) is 0 Å². The largest absolute Gasteiger partial charge is 0.496 e. The first-order chi connectivity index (χ1) is 8.22. The lowest BCUT2D eigenvalue weighted by molar-refractivity contribution is 0.103. The maximum absolute atomic E-state index is 11.8. The number of alkyl halides is 1. The van der Waals surface area contributed by atoms with Crippen LogP contribution in [0.2, 0.25) is 0 Å². The molecule has 2 aromatic heterocycles. The molecular formula is C10H9ClN2O2S2. The third kappa shape index (κ3) is 2.96. The van der Waals surface area contributed by atoms with Gasteiger partial charge in [0.05, 0.1) is 23.6 Å².